The van der Waals surface area contributed by atoms with Crippen LogP contribution >= 0.6 is 23.4 Å². The van der Waals surface area contributed by atoms with Crippen molar-refractivity contribution in [2.24, 2.45) is 0 Å². The van der Waals surface area contributed by atoms with Crippen LogP contribution in [-0.4, -0.2) is 35.9 Å². The number of carbonyl (C=O) groups is 1. The molecule has 9 heteroatoms. The monoisotopic (exact) mass is 448 g/mol. The number of para-hydroxylation sites is 1. The van der Waals surface area contributed by atoms with Gasteiger partial charge >= 0.3 is 0 Å². The zero-order chi connectivity index (χ0) is 21.4. The van der Waals surface area contributed by atoms with Gasteiger partial charge in [0.05, 0.1) is 11.4 Å². The molecule has 0 aliphatic carbocycles. The molecule has 0 saturated heterocycles. The van der Waals surface area contributed by atoms with Crippen molar-refractivity contribution in [2.75, 3.05) is 11.1 Å². The summed E-state index contributed by atoms with van der Waals surface area (Å²) in [4.78, 5) is 12.4. The quantitative estimate of drug-likeness (QED) is 0.393. The molecule has 0 atom stereocenters. The third kappa shape index (κ3) is 3.87. The summed E-state index contributed by atoms with van der Waals surface area (Å²) < 4.78 is 3.64. The molecule has 0 saturated carbocycles. The highest BCUT2D eigenvalue weighted by Gasteiger charge is 2.14. The molecule has 31 heavy (non-hydrogen) atoms. The number of nitrogens with zero attached hydrogens (tertiary/aromatic N) is 5. The standard InChI is InChI=1S/C22H17ClN6OS/c1-14-4-2-3-5-17(14)24-20(30)13-31-22-26-25-21-19-12-18(15-6-8-16(23)9-7-15)27-29(19)11-10-28(21)22/h2-12H,13H2,1H3,(H,24,30). The summed E-state index contributed by atoms with van der Waals surface area (Å²) in [5.41, 5.74) is 5.13. The topological polar surface area (TPSA) is 76.6 Å². The minimum atomic E-state index is -0.0912. The predicted molar refractivity (Wildman–Crippen MR) is 123 cm³/mol. The van der Waals surface area contributed by atoms with Crippen molar-refractivity contribution in [2.45, 2.75) is 12.1 Å². The number of rotatable bonds is 5. The van der Waals surface area contributed by atoms with E-state index in [1.165, 1.54) is 11.8 Å². The van der Waals surface area contributed by atoms with Crippen LogP contribution < -0.4 is 5.32 Å². The van der Waals surface area contributed by atoms with E-state index < -0.39 is 0 Å². The van der Waals surface area contributed by atoms with Crippen LogP contribution in [0.4, 0.5) is 5.69 Å². The Morgan fingerprint density at radius 2 is 1.90 bits per heavy atom. The first-order valence-electron chi connectivity index (χ1n) is 9.56. The van der Waals surface area contributed by atoms with E-state index in [2.05, 4.69) is 20.6 Å². The zero-order valence-electron chi connectivity index (χ0n) is 16.5. The number of thioether (sulfide) groups is 1. The van der Waals surface area contributed by atoms with Crippen molar-refractivity contribution in [1.29, 1.82) is 0 Å². The first kappa shape index (κ1) is 19.6. The van der Waals surface area contributed by atoms with Gasteiger partial charge in [-0.05, 0) is 36.8 Å². The van der Waals surface area contributed by atoms with Gasteiger partial charge in [-0.2, -0.15) is 5.10 Å². The van der Waals surface area contributed by atoms with Crippen LogP contribution in [0.25, 0.3) is 22.4 Å². The Balaban J connectivity index is 1.38. The van der Waals surface area contributed by atoms with Crippen molar-refractivity contribution >= 4 is 46.1 Å². The minimum absolute atomic E-state index is 0.0912. The number of hydrogen-bond donors (Lipinski definition) is 1. The minimum Gasteiger partial charge on any atom is -0.325 e. The molecule has 0 unspecified atom stereocenters. The number of fused-ring (bicyclic) bond motifs is 3. The van der Waals surface area contributed by atoms with E-state index in [9.17, 15) is 4.79 Å². The number of halogens is 1. The fraction of sp³-hybridized carbons (Fsp3) is 0.0909. The van der Waals surface area contributed by atoms with Gasteiger partial charge < -0.3 is 5.32 Å². The summed E-state index contributed by atoms with van der Waals surface area (Å²) >= 11 is 7.32. The highest BCUT2D eigenvalue weighted by molar-refractivity contribution is 7.99. The van der Waals surface area contributed by atoms with E-state index >= 15 is 0 Å². The van der Waals surface area contributed by atoms with E-state index in [0.29, 0.717) is 15.8 Å². The van der Waals surface area contributed by atoms with E-state index in [-0.39, 0.29) is 11.7 Å². The number of benzene rings is 2. The number of aromatic nitrogens is 5. The average Bonchev–Trinajstić information content (AvgIpc) is 3.38. The van der Waals surface area contributed by atoms with Gasteiger partial charge in [0.15, 0.2) is 10.8 Å². The first-order valence-corrected chi connectivity index (χ1v) is 10.9. The molecular weight excluding hydrogens is 432 g/mol. The van der Waals surface area contributed by atoms with E-state index in [1.807, 2.05) is 78.3 Å². The van der Waals surface area contributed by atoms with Crippen LogP contribution in [0.15, 0.2) is 72.1 Å². The molecule has 0 fully saturated rings. The molecule has 5 rings (SSSR count). The van der Waals surface area contributed by atoms with Crippen molar-refractivity contribution in [3.05, 3.63) is 77.6 Å². The molecule has 0 radical (unpaired) electrons. The number of hydrogen-bond acceptors (Lipinski definition) is 5. The number of aryl methyl sites for hydroxylation is 1. The second kappa shape index (κ2) is 8.05. The second-order valence-electron chi connectivity index (χ2n) is 6.99. The normalized spacial score (nSPS) is 11.3. The first-order chi connectivity index (χ1) is 15.1. The molecule has 0 aliphatic rings. The summed E-state index contributed by atoms with van der Waals surface area (Å²) in [7, 11) is 0. The largest absolute Gasteiger partial charge is 0.325 e. The fourth-order valence-electron chi connectivity index (χ4n) is 3.28. The van der Waals surface area contributed by atoms with E-state index in [1.54, 1.807) is 4.52 Å². The predicted octanol–water partition coefficient (Wildman–Crippen LogP) is 4.74. The third-order valence-corrected chi connectivity index (χ3v) is 6.07. The lowest BCUT2D eigenvalue weighted by atomic mass is 10.1. The van der Waals surface area contributed by atoms with Gasteiger partial charge in [0.2, 0.25) is 5.91 Å². The summed E-state index contributed by atoms with van der Waals surface area (Å²) in [6.07, 6.45) is 3.70. The molecule has 3 aromatic heterocycles. The molecule has 3 heterocycles. The maximum Gasteiger partial charge on any atom is 0.234 e. The maximum absolute atomic E-state index is 12.4. The van der Waals surface area contributed by atoms with Crippen LogP contribution in [0.5, 0.6) is 0 Å². The SMILES string of the molecule is Cc1ccccc1NC(=O)CSc1nnc2c3cc(-c4ccc(Cl)cc4)nn3ccn12. The van der Waals surface area contributed by atoms with Gasteiger partial charge in [0, 0.05) is 28.7 Å². The summed E-state index contributed by atoms with van der Waals surface area (Å²) in [5.74, 6) is 0.141. The highest BCUT2D eigenvalue weighted by Crippen LogP contribution is 2.25. The number of amides is 1. The van der Waals surface area contributed by atoms with E-state index in [4.69, 9.17) is 11.6 Å². The Morgan fingerprint density at radius 3 is 2.71 bits per heavy atom. The number of carbonyl (C=O) groups excluding carboxylic acids is 1. The van der Waals surface area contributed by atoms with E-state index in [0.717, 1.165) is 28.0 Å². The lowest BCUT2D eigenvalue weighted by molar-refractivity contribution is -0.113. The molecule has 0 aliphatic heterocycles. The van der Waals surface area contributed by atoms with Crippen molar-refractivity contribution in [1.82, 2.24) is 24.2 Å². The Hall–Kier alpha value is -3.36. The molecule has 5 aromatic rings. The van der Waals surface area contributed by atoms with Crippen molar-refractivity contribution in [3.63, 3.8) is 0 Å². The lowest BCUT2D eigenvalue weighted by Crippen LogP contribution is -2.15. The molecule has 0 spiro atoms. The van der Waals surface area contributed by atoms with Gasteiger partial charge in [-0.3, -0.25) is 9.20 Å². The van der Waals surface area contributed by atoms with Crippen LogP contribution in [0.1, 0.15) is 5.56 Å². The molecule has 7 nitrogen and oxygen atoms in total. The zero-order valence-corrected chi connectivity index (χ0v) is 18.1. The average molecular weight is 449 g/mol. The van der Waals surface area contributed by atoms with Gasteiger partial charge in [-0.1, -0.05) is 53.7 Å². The molecule has 1 amide bonds. The lowest BCUT2D eigenvalue weighted by Gasteiger charge is -2.07. The van der Waals surface area contributed by atoms with Crippen LogP contribution in [-0.2, 0) is 4.79 Å². The van der Waals surface area contributed by atoms with Gasteiger partial charge in [0.25, 0.3) is 0 Å². The molecule has 1 N–H and O–H groups in total. The smallest absolute Gasteiger partial charge is 0.234 e. The van der Waals surface area contributed by atoms with Crippen LogP contribution in [0.2, 0.25) is 5.02 Å². The van der Waals surface area contributed by atoms with Crippen molar-refractivity contribution in [3.8, 4) is 11.3 Å². The van der Waals surface area contributed by atoms with Gasteiger partial charge in [-0.15, -0.1) is 10.2 Å². The Labute approximate surface area is 187 Å². The van der Waals surface area contributed by atoms with Crippen molar-refractivity contribution < 1.29 is 4.79 Å². The van der Waals surface area contributed by atoms with Crippen LogP contribution in [0, 0.1) is 6.92 Å². The molecule has 154 valence electrons. The third-order valence-electron chi connectivity index (χ3n) is 4.88. The molecule has 0 bridgehead atoms. The molecular formula is C22H17ClN6OS. The Morgan fingerprint density at radius 1 is 1.10 bits per heavy atom. The number of nitrogens with one attached hydrogen (secondary N) is 1. The summed E-state index contributed by atoms with van der Waals surface area (Å²) in [6, 6.07) is 17.2. The summed E-state index contributed by atoms with van der Waals surface area (Å²) in [5, 5.41) is 17.5. The Bertz CT molecular complexity index is 1410. The highest BCUT2D eigenvalue weighted by atomic mass is 35.5. The molecule has 2 aromatic carbocycles. The van der Waals surface area contributed by atoms with Gasteiger partial charge in [-0.25, -0.2) is 4.52 Å². The van der Waals surface area contributed by atoms with Crippen LogP contribution in [0.3, 0.4) is 0 Å². The maximum atomic E-state index is 12.4. The summed E-state index contributed by atoms with van der Waals surface area (Å²) in [6.45, 7) is 1.96. The Kier molecular flexibility index (Phi) is 5.09. The number of anilines is 1. The second-order valence-corrected chi connectivity index (χ2v) is 8.37. The van der Waals surface area contributed by atoms with Gasteiger partial charge in [0.1, 0.15) is 5.52 Å². The fourth-order valence-corrected chi connectivity index (χ4v) is 4.12.